The summed E-state index contributed by atoms with van der Waals surface area (Å²) in [5, 5.41) is 6.96. The number of carbonyl (C=O) groups is 2. The molecule has 0 unspecified atom stereocenters. The number of amides is 2. The smallest absolute Gasteiger partial charge is 0.254 e. The van der Waals surface area contributed by atoms with Crippen LogP contribution in [0.15, 0.2) is 59.1 Å². The zero-order valence-corrected chi connectivity index (χ0v) is 15.7. The highest BCUT2D eigenvalue weighted by Gasteiger charge is 2.14. The van der Waals surface area contributed by atoms with E-state index in [0.29, 0.717) is 22.7 Å². The fourth-order valence-electron chi connectivity index (χ4n) is 2.51. The average Bonchev–Trinajstić information content (AvgIpc) is 3.10. The van der Waals surface area contributed by atoms with Crippen LogP contribution in [-0.2, 0) is 11.2 Å². The van der Waals surface area contributed by atoms with E-state index in [0.717, 1.165) is 5.56 Å². The van der Waals surface area contributed by atoms with Gasteiger partial charge in [-0.3, -0.25) is 9.59 Å². The summed E-state index contributed by atoms with van der Waals surface area (Å²) in [5.74, 6) is 0.146. The largest absolute Gasteiger partial charge is 0.356 e. The molecule has 0 aliphatic carbocycles. The third-order valence-electron chi connectivity index (χ3n) is 3.85. The van der Waals surface area contributed by atoms with Crippen molar-refractivity contribution < 1.29 is 14.1 Å². The van der Waals surface area contributed by atoms with Crippen molar-refractivity contribution >= 4 is 29.1 Å². The fourth-order valence-corrected chi connectivity index (χ4v) is 2.77. The Morgan fingerprint density at radius 3 is 2.52 bits per heavy atom. The van der Waals surface area contributed by atoms with E-state index >= 15 is 0 Å². The van der Waals surface area contributed by atoms with Gasteiger partial charge in [-0.05, 0) is 18.2 Å². The second-order valence-electron chi connectivity index (χ2n) is 6.17. The molecular weight excluding hydrogens is 366 g/mol. The molecule has 0 atom stereocenters. The topological polar surface area (TPSA) is 75.4 Å². The highest BCUT2D eigenvalue weighted by molar-refractivity contribution is 6.34. The Balaban J connectivity index is 1.65. The minimum absolute atomic E-state index is 0.0618. The van der Waals surface area contributed by atoms with Crippen molar-refractivity contribution in [2.24, 2.45) is 0 Å². The molecule has 0 spiro atoms. The van der Waals surface area contributed by atoms with Crippen molar-refractivity contribution in [2.75, 3.05) is 19.4 Å². The Labute approximate surface area is 161 Å². The summed E-state index contributed by atoms with van der Waals surface area (Å²) in [5.41, 5.74) is 2.30. The summed E-state index contributed by atoms with van der Waals surface area (Å²) in [6.07, 6.45) is 0.0618. The molecule has 0 saturated heterocycles. The molecule has 2 amide bonds. The minimum Gasteiger partial charge on any atom is -0.356 e. The van der Waals surface area contributed by atoms with Gasteiger partial charge in [-0.1, -0.05) is 47.1 Å². The van der Waals surface area contributed by atoms with Crippen LogP contribution in [-0.4, -0.2) is 36.0 Å². The van der Waals surface area contributed by atoms with Gasteiger partial charge in [0.15, 0.2) is 5.76 Å². The maximum absolute atomic E-state index is 12.3. The molecule has 3 rings (SSSR count). The Hall–Kier alpha value is -3.12. The first kappa shape index (κ1) is 18.7. The van der Waals surface area contributed by atoms with E-state index < -0.39 is 0 Å². The molecule has 0 radical (unpaired) electrons. The fraction of sp³-hybridized carbons (Fsp3) is 0.150. The van der Waals surface area contributed by atoms with Gasteiger partial charge in [-0.15, -0.1) is 0 Å². The van der Waals surface area contributed by atoms with Gasteiger partial charge in [-0.2, -0.15) is 0 Å². The Morgan fingerprint density at radius 2 is 1.85 bits per heavy atom. The van der Waals surface area contributed by atoms with E-state index in [2.05, 4.69) is 10.5 Å². The number of anilines is 1. The third kappa shape index (κ3) is 4.54. The molecule has 0 saturated carbocycles. The molecule has 0 aliphatic rings. The summed E-state index contributed by atoms with van der Waals surface area (Å²) in [6, 6.07) is 16.0. The van der Waals surface area contributed by atoms with Crippen LogP contribution in [0.4, 0.5) is 5.69 Å². The molecule has 138 valence electrons. The predicted molar refractivity (Wildman–Crippen MR) is 104 cm³/mol. The van der Waals surface area contributed by atoms with Crippen LogP contribution in [0.5, 0.6) is 0 Å². The highest BCUT2D eigenvalue weighted by Crippen LogP contribution is 2.23. The van der Waals surface area contributed by atoms with Crippen molar-refractivity contribution in [1.29, 1.82) is 0 Å². The van der Waals surface area contributed by atoms with Crippen LogP contribution in [0.3, 0.4) is 0 Å². The van der Waals surface area contributed by atoms with E-state index in [4.69, 9.17) is 16.1 Å². The van der Waals surface area contributed by atoms with Gasteiger partial charge in [0.25, 0.3) is 5.91 Å². The van der Waals surface area contributed by atoms with Crippen LogP contribution in [0.2, 0.25) is 5.02 Å². The molecule has 7 heteroatoms. The lowest BCUT2D eigenvalue weighted by molar-refractivity contribution is -0.115. The summed E-state index contributed by atoms with van der Waals surface area (Å²) >= 11 is 6.16. The van der Waals surface area contributed by atoms with Crippen molar-refractivity contribution in [1.82, 2.24) is 10.1 Å². The molecule has 27 heavy (non-hydrogen) atoms. The molecule has 0 bridgehead atoms. The third-order valence-corrected chi connectivity index (χ3v) is 4.16. The van der Waals surface area contributed by atoms with E-state index in [9.17, 15) is 9.59 Å². The zero-order valence-electron chi connectivity index (χ0n) is 14.9. The molecule has 1 N–H and O–H groups in total. The molecular formula is C20H18ClN3O3. The normalized spacial score (nSPS) is 10.5. The lowest BCUT2D eigenvalue weighted by atomic mass is 10.1. The van der Waals surface area contributed by atoms with Crippen LogP contribution < -0.4 is 5.32 Å². The predicted octanol–water partition coefficient (Wildman–Crippen LogP) is 3.88. The van der Waals surface area contributed by atoms with Crippen molar-refractivity contribution in [3.05, 3.63) is 70.9 Å². The lowest BCUT2D eigenvalue weighted by Crippen LogP contribution is -2.22. The maximum Gasteiger partial charge on any atom is 0.254 e. The van der Waals surface area contributed by atoms with Gasteiger partial charge in [0.05, 0.1) is 22.7 Å². The van der Waals surface area contributed by atoms with Gasteiger partial charge in [0.1, 0.15) is 0 Å². The van der Waals surface area contributed by atoms with Crippen LogP contribution in [0.25, 0.3) is 11.3 Å². The van der Waals surface area contributed by atoms with Gasteiger partial charge in [0.2, 0.25) is 5.91 Å². The number of rotatable bonds is 5. The van der Waals surface area contributed by atoms with Crippen LogP contribution in [0, 0.1) is 0 Å². The average molecular weight is 384 g/mol. The van der Waals surface area contributed by atoms with Gasteiger partial charge < -0.3 is 14.7 Å². The summed E-state index contributed by atoms with van der Waals surface area (Å²) in [7, 11) is 3.30. The van der Waals surface area contributed by atoms with Gasteiger partial charge in [-0.25, -0.2) is 0 Å². The van der Waals surface area contributed by atoms with Crippen molar-refractivity contribution in [2.45, 2.75) is 6.42 Å². The van der Waals surface area contributed by atoms with Crippen molar-refractivity contribution in [3.8, 4) is 11.3 Å². The number of nitrogens with one attached hydrogen (secondary N) is 1. The second-order valence-corrected chi connectivity index (χ2v) is 6.57. The molecule has 2 aromatic carbocycles. The molecule has 3 aromatic rings. The van der Waals surface area contributed by atoms with E-state index in [1.807, 2.05) is 30.3 Å². The molecule has 0 fully saturated rings. The number of aromatic nitrogens is 1. The standard InChI is InChI=1S/C20H18ClN3O3/c1-24(2)20(26)16-9-8-14(10-17(16)21)22-19(25)12-15-11-18(27-23-15)13-6-4-3-5-7-13/h3-11H,12H2,1-2H3,(H,22,25). The highest BCUT2D eigenvalue weighted by atomic mass is 35.5. The molecule has 1 heterocycles. The molecule has 6 nitrogen and oxygen atoms in total. The van der Waals surface area contributed by atoms with E-state index in [1.165, 1.54) is 4.90 Å². The number of nitrogens with zero attached hydrogens (tertiary/aromatic N) is 2. The number of hydrogen-bond donors (Lipinski definition) is 1. The van der Waals surface area contributed by atoms with Gasteiger partial charge in [0, 0.05) is 31.4 Å². The minimum atomic E-state index is -0.259. The summed E-state index contributed by atoms with van der Waals surface area (Å²) in [4.78, 5) is 25.7. The number of halogens is 1. The molecule has 1 aromatic heterocycles. The van der Waals surface area contributed by atoms with Gasteiger partial charge >= 0.3 is 0 Å². The second kappa shape index (κ2) is 8.05. The number of hydrogen-bond acceptors (Lipinski definition) is 4. The molecule has 0 aliphatic heterocycles. The zero-order chi connectivity index (χ0) is 19.4. The van der Waals surface area contributed by atoms with E-state index in [1.54, 1.807) is 38.4 Å². The first-order valence-electron chi connectivity index (χ1n) is 8.26. The first-order chi connectivity index (χ1) is 12.9. The SMILES string of the molecule is CN(C)C(=O)c1ccc(NC(=O)Cc2cc(-c3ccccc3)on2)cc1Cl. The Bertz CT molecular complexity index is 968. The maximum atomic E-state index is 12.3. The van der Waals surface area contributed by atoms with E-state index in [-0.39, 0.29) is 23.3 Å². The summed E-state index contributed by atoms with van der Waals surface area (Å²) in [6.45, 7) is 0. The summed E-state index contributed by atoms with van der Waals surface area (Å²) < 4.78 is 5.29. The first-order valence-corrected chi connectivity index (χ1v) is 8.64. The quantitative estimate of drug-likeness (QED) is 0.725. The lowest BCUT2D eigenvalue weighted by Gasteiger charge is -2.12. The number of carbonyl (C=O) groups excluding carboxylic acids is 2. The Kier molecular flexibility index (Phi) is 5.57. The van der Waals surface area contributed by atoms with Crippen LogP contribution >= 0.6 is 11.6 Å². The van der Waals surface area contributed by atoms with Crippen molar-refractivity contribution in [3.63, 3.8) is 0 Å². The number of benzene rings is 2. The Morgan fingerprint density at radius 1 is 1.11 bits per heavy atom. The van der Waals surface area contributed by atoms with Crippen LogP contribution in [0.1, 0.15) is 16.1 Å². The monoisotopic (exact) mass is 383 g/mol.